The van der Waals surface area contributed by atoms with E-state index in [4.69, 9.17) is 17.0 Å². The molecular formula is C15H19Cl2Zr. The maximum atomic E-state index is 4.93. The van der Waals surface area contributed by atoms with Crippen LogP contribution in [0.2, 0.25) is 0 Å². The van der Waals surface area contributed by atoms with Gasteiger partial charge in [0.05, 0.1) is 0 Å². The minimum atomic E-state index is -0.826. The van der Waals surface area contributed by atoms with Gasteiger partial charge in [-0.25, -0.2) is 0 Å². The SMILES string of the molecule is CC1=C(C)c2c(cc(C)cc2C(C)C)[CH]1.[Cl][Zr][Cl]. The molecule has 18 heavy (non-hydrogen) atoms. The first kappa shape index (κ1) is 16.5. The second kappa shape index (κ2) is 7.27. The average molecular weight is 361 g/mol. The molecule has 0 saturated heterocycles. The van der Waals surface area contributed by atoms with Crippen LogP contribution in [-0.2, 0) is 20.8 Å². The zero-order chi connectivity index (χ0) is 13.9. The van der Waals surface area contributed by atoms with Crippen molar-refractivity contribution in [3.05, 3.63) is 46.4 Å². The van der Waals surface area contributed by atoms with Crippen LogP contribution >= 0.6 is 17.0 Å². The molecule has 1 aromatic carbocycles. The third-order valence-electron chi connectivity index (χ3n) is 3.30. The summed E-state index contributed by atoms with van der Waals surface area (Å²) >= 11 is -0.826. The van der Waals surface area contributed by atoms with E-state index in [9.17, 15) is 0 Å². The van der Waals surface area contributed by atoms with Crippen LogP contribution in [0.25, 0.3) is 5.57 Å². The van der Waals surface area contributed by atoms with Crippen molar-refractivity contribution in [3.63, 3.8) is 0 Å². The van der Waals surface area contributed by atoms with Crippen LogP contribution in [-0.4, -0.2) is 0 Å². The van der Waals surface area contributed by atoms with Crippen molar-refractivity contribution >= 4 is 22.6 Å². The Morgan fingerprint density at radius 3 is 2.11 bits per heavy atom. The van der Waals surface area contributed by atoms with Gasteiger partial charge in [-0.05, 0) is 49.0 Å². The van der Waals surface area contributed by atoms with Crippen LogP contribution in [0.1, 0.15) is 55.9 Å². The summed E-state index contributed by atoms with van der Waals surface area (Å²) in [6, 6.07) is 4.63. The topological polar surface area (TPSA) is 0 Å². The van der Waals surface area contributed by atoms with Gasteiger partial charge in [-0.1, -0.05) is 37.1 Å². The zero-order valence-electron chi connectivity index (χ0n) is 11.6. The number of allylic oxidation sites excluding steroid dienone is 2. The molecule has 1 aliphatic rings. The Kier molecular flexibility index (Phi) is 6.66. The molecule has 97 valence electrons. The molecule has 0 aromatic heterocycles. The number of hydrogen-bond donors (Lipinski definition) is 0. The molecule has 1 radical (unpaired) electrons. The first-order valence-electron chi connectivity index (χ1n) is 6.05. The summed E-state index contributed by atoms with van der Waals surface area (Å²) in [7, 11) is 9.87. The number of halogens is 2. The normalized spacial score (nSPS) is 13.3. The van der Waals surface area contributed by atoms with Gasteiger partial charge in [0.15, 0.2) is 0 Å². The molecule has 1 aliphatic carbocycles. The number of benzene rings is 1. The van der Waals surface area contributed by atoms with Crippen molar-refractivity contribution in [2.75, 3.05) is 0 Å². The summed E-state index contributed by atoms with van der Waals surface area (Å²) in [6.45, 7) is 11.2. The van der Waals surface area contributed by atoms with E-state index in [0.29, 0.717) is 5.92 Å². The van der Waals surface area contributed by atoms with E-state index in [0.717, 1.165) is 0 Å². The molecule has 3 heteroatoms. The first-order chi connectivity index (χ1) is 8.42. The van der Waals surface area contributed by atoms with E-state index in [1.54, 1.807) is 0 Å². The van der Waals surface area contributed by atoms with E-state index in [1.807, 2.05) is 0 Å². The molecule has 0 bridgehead atoms. The third kappa shape index (κ3) is 3.72. The molecule has 0 spiro atoms. The molecule has 0 heterocycles. The number of fused-ring (bicyclic) bond motifs is 1. The first-order valence-corrected chi connectivity index (χ1v) is 12.4. The maximum absolute atomic E-state index is 4.93. The molecule has 0 atom stereocenters. The van der Waals surface area contributed by atoms with Gasteiger partial charge in [0.1, 0.15) is 0 Å². The quantitative estimate of drug-likeness (QED) is 0.588. The number of aryl methyl sites for hydroxylation is 1. The van der Waals surface area contributed by atoms with Crippen molar-refractivity contribution in [1.82, 2.24) is 0 Å². The fourth-order valence-electron chi connectivity index (χ4n) is 2.38. The van der Waals surface area contributed by atoms with Crippen LogP contribution in [0.5, 0.6) is 0 Å². The molecule has 0 N–H and O–H groups in total. The summed E-state index contributed by atoms with van der Waals surface area (Å²) in [5.41, 5.74) is 8.62. The van der Waals surface area contributed by atoms with Crippen molar-refractivity contribution in [2.45, 2.75) is 40.5 Å². The van der Waals surface area contributed by atoms with Gasteiger partial charge in [0.2, 0.25) is 0 Å². The third-order valence-corrected chi connectivity index (χ3v) is 3.30. The van der Waals surface area contributed by atoms with Crippen molar-refractivity contribution in [1.29, 1.82) is 0 Å². The van der Waals surface area contributed by atoms with E-state index in [1.165, 1.54) is 33.4 Å². The van der Waals surface area contributed by atoms with E-state index in [2.05, 4.69) is 53.2 Å². The van der Waals surface area contributed by atoms with Gasteiger partial charge < -0.3 is 0 Å². The summed E-state index contributed by atoms with van der Waals surface area (Å²) in [5, 5.41) is 0. The Morgan fingerprint density at radius 2 is 1.61 bits per heavy atom. The Balaban J connectivity index is 0.000000492. The fraction of sp³-hybridized carbons (Fsp3) is 0.400. The summed E-state index contributed by atoms with van der Waals surface area (Å²) < 4.78 is 0. The van der Waals surface area contributed by atoms with Crippen molar-refractivity contribution in [2.24, 2.45) is 0 Å². The molecule has 0 unspecified atom stereocenters. The van der Waals surface area contributed by atoms with Gasteiger partial charge in [-0.2, -0.15) is 0 Å². The number of hydrogen-bond acceptors (Lipinski definition) is 0. The molecule has 2 rings (SSSR count). The zero-order valence-corrected chi connectivity index (χ0v) is 15.5. The minimum absolute atomic E-state index is 0.605. The standard InChI is InChI=1S/C15H19.2ClH.Zr/c1-9(2)14-7-10(3)6-13-8-11(4)12(5)15(13)14;;;/h6-9H,1-5H3;2*1H;/q;;;+2/p-2. The Bertz CT molecular complexity index is 462. The van der Waals surface area contributed by atoms with Crippen LogP contribution in [0.15, 0.2) is 17.7 Å². The molecule has 0 nitrogen and oxygen atoms in total. The van der Waals surface area contributed by atoms with E-state index in [-0.39, 0.29) is 0 Å². The number of rotatable bonds is 1. The van der Waals surface area contributed by atoms with Crippen LogP contribution in [0, 0.1) is 13.3 Å². The molecule has 0 aliphatic heterocycles. The average Bonchev–Trinajstić information content (AvgIpc) is 2.54. The van der Waals surface area contributed by atoms with Gasteiger partial charge in [-0.15, -0.1) is 0 Å². The summed E-state index contributed by atoms with van der Waals surface area (Å²) in [4.78, 5) is 0. The summed E-state index contributed by atoms with van der Waals surface area (Å²) in [6.07, 6.45) is 2.31. The fourth-order valence-corrected chi connectivity index (χ4v) is 2.38. The van der Waals surface area contributed by atoms with Gasteiger partial charge in [-0.3, -0.25) is 0 Å². The Hall–Kier alpha value is 0.423. The predicted molar refractivity (Wildman–Crippen MR) is 78.6 cm³/mol. The molecule has 0 amide bonds. The second-order valence-corrected chi connectivity index (χ2v) is 8.73. The molecule has 0 saturated carbocycles. The molecule has 0 fully saturated rings. The van der Waals surface area contributed by atoms with Gasteiger partial charge >= 0.3 is 37.9 Å². The Labute approximate surface area is 129 Å². The monoisotopic (exact) mass is 359 g/mol. The second-order valence-electron chi connectivity index (χ2n) is 5.00. The van der Waals surface area contributed by atoms with E-state index >= 15 is 0 Å². The van der Waals surface area contributed by atoms with Gasteiger partial charge in [0, 0.05) is 6.42 Å². The summed E-state index contributed by atoms with van der Waals surface area (Å²) in [5.74, 6) is 0.605. The Morgan fingerprint density at radius 1 is 1.06 bits per heavy atom. The molecular weight excluding hydrogens is 342 g/mol. The van der Waals surface area contributed by atoms with Gasteiger partial charge in [0.25, 0.3) is 0 Å². The molecule has 1 aromatic rings. The van der Waals surface area contributed by atoms with E-state index < -0.39 is 20.8 Å². The van der Waals surface area contributed by atoms with Crippen molar-refractivity contribution < 1.29 is 20.8 Å². The van der Waals surface area contributed by atoms with Crippen LogP contribution < -0.4 is 0 Å². The predicted octanol–water partition coefficient (Wildman–Crippen LogP) is 5.85. The van der Waals surface area contributed by atoms with Crippen LogP contribution in [0.4, 0.5) is 0 Å². The van der Waals surface area contributed by atoms with Crippen LogP contribution in [0.3, 0.4) is 0 Å². The van der Waals surface area contributed by atoms with Crippen molar-refractivity contribution in [3.8, 4) is 0 Å².